The first-order valence-corrected chi connectivity index (χ1v) is 9.00. The van der Waals surface area contributed by atoms with E-state index in [0.717, 1.165) is 10.1 Å². The van der Waals surface area contributed by atoms with Gasteiger partial charge >= 0.3 is 5.69 Å². The molecule has 0 aliphatic carbocycles. The Kier molecular flexibility index (Phi) is 4.69. The zero-order valence-electron chi connectivity index (χ0n) is 13.0. The number of halogens is 2. The largest absolute Gasteiger partial charge is 0.332 e. The number of benzene rings is 1. The van der Waals surface area contributed by atoms with Gasteiger partial charge in [0.15, 0.2) is 11.2 Å². The van der Waals surface area contributed by atoms with Crippen molar-refractivity contribution in [2.45, 2.75) is 9.65 Å². The van der Waals surface area contributed by atoms with Crippen molar-refractivity contribution in [1.82, 2.24) is 19.1 Å². The van der Waals surface area contributed by atoms with Crippen LogP contribution in [-0.2, 0) is 14.1 Å². The van der Waals surface area contributed by atoms with Gasteiger partial charge in [-0.3, -0.25) is 13.9 Å². The highest BCUT2D eigenvalue weighted by Crippen LogP contribution is 2.41. The summed E-state index contributed by atoms with van der Waals surface area (Å²) in [7, 11) is 3.01. The van der Waals surface area contributed by atoms with Crippen molar-refractivity contribution in [3.8, 4) is 0 Å². The van der Waals surface area contributed by atoms with Gasteiger partial charge in [-0.1, -0.05) is 62.2 Å². The van der Waals surface area contributed by atoms with Crippen LogP contribution in [0.5, 0.6) is 0 Å². The lowest BCUT2D eigenvalue weighted by molar-refractivity contribution is 0.701. The van der Waals surface area contributed by atoms with Gasteiger partial charge in [-0.15, -0.1) is 0 Å². The lowest BCUT2D eigenvalue weighted by Crippen LogP contribution is -2.37. The molecule has 2 aromatic heterocycles. The van der Waals surface area contributed by atoms with Gasteiger partial charge in [0.1, 0.15) is 0 Å². The summed E-state index contributed by atoms with van der Waals surface area (Å²) in [6.45, 7) is 0. The highest BCUT2D eigenvalue weighted by atomic mass is 79.9. The first-order chi connectivity index (χ1) is 11.4. The molecule has 24 heavy (non-hydrogen) atoms. The summed E-state index contributed by atoms with van der Waals surface area (Å²) in [5.41, 5.74) is 1.29. The van der Waals surface area contributed by atoms with Crippen LogP contribution in [0.2, 0.25) is 0 Å². The third kappa shape index (κ3) is 2.84. The molecule has 0 fully saturated rings. The maximum atomic E-state index is 12.2. The smallest absolute Gasteiger partial charge is 0.279 e. The minimum absolute atomic E-state index is 0.0333. The number of aromatic nitrogens is 4. The number of hydrogen-bond acceptors (Lipinski definition) is 4. The fourth-order valence-corrected chi connectivity index (χ4v) is 3.53. The predicted molar refractivity (Wildman–Crippen MR) is 99.8 cm³/mol. The van der Waals surface area contributed by atoms with Gasteiger partial charge in [0.2, 0.25) is 0 Å². The quantitative estimate of drug-likeness (QED) is 0.571. The molecule has 3 aromatic rings. The topological polar surface area (TPSA) is 69.8 Å². The van der Waals surface area contributed by atoms with E-state index in [2.05, 4.69) is 41.8 Å². The molecule has 0 aliphatic heterocycles. The molecule has 0 saturated heterocycles. The minimum atomic E-state index is -0.447. The van der Waals surface area contributed by atoms with Crippen LogP contribution in [0.15, 0.2) is 46.1 Å². The van der Waals surface area contributed by atoms with Crippen molar-refractivity contribution in [3.05, 3.63) is 68.6 Å². The predicted octanol–water partition coefficient (Wildman–Crippen LogP) is 2.60. The fourth-order valence-electron chi connectivity index (χ4n) is 2.43. The van der Waals surface area contributed by atoms with Crippen LogP contribution in [0.25, 0.3) is 11.2 Å². The Morgan fingerprint density at radius 3 is 2.33 bits per heavy atom. The van der Waals surface area contributed by atoms with Crippen molar-refractivity contribution in [1.29, 1.82) is 0 Å². The van der Waals surface area contributed by atoms with E-state index in [1.807, 2.05) is 30.3 Å². The fraction of sp³-hybridized carbons (Fsp3) is 0.250. The van der Waals surface area contributed by atoms with E-state index >= 15 is 0 Å². The molecule has 1 aromatic carbocycles. The summed E-state index contributed by atoms with van der Waals surface area (Å²) in [5, 5.41) is 0. The number of nitrogens with zero attached hydrogens (tertiary/aromatic N) is 4. The van der Waals surface area contributed by atoms with Gasteiger partial charge in [-0.25, -0.2) is 14.8 Å². The zero-order chi connectivity index (χ0) is 17.4. The molecular formula is C16H14Br2N4O2. The van der Waals surface area contributed by atoms with E-state index in [1.165, 1.54) is 11.6 Å². The van der Waals surface area contributed by atoms with Crippen molar-refractivity contribution in [2.24, 2.45) is 14.1 Å². The Balaban J connectivity index is 2.11. The van der Waals surface area contributed by atoms with Crippen LogP contribution in [0.4, 0.5) is 0 Å². The van der Waals surface area contributed by atoms with Gasteiger partial charge in [-0.05, 0) is 5.56 Å². The average molecular weight is 454 g/mol. The Hall–Kier alpha value is -1.80. The molecule has 6 nitrogen and oxygen atoms in total. The lowest BCUT2D eigenvalue weighted by atomic mass is 10.1. The van der Waals surface area contributed by atoms with Gasteiger partial charge in [0.05, 0.1) is 21.5 Å². The molecule has 2 unspecified atom stereocenters. The lowest BCUT2D eigenvalue weighted by Gasteiger charge is -2.17. The third-order valence-corrected chi connectivity index (χ3v) is 6.59. The van der Waals surface area contributed by atoms with E-state index in [-0.39, 0.29) is 20.8 Å². The van der Waals surface area contributed by atoms with E-state index in [0.29, 0.717) is 5.69 Å². The monoisotopic (exact) mass is 452 g/mol. The molecule has 0 N–H and O–H groups in total. The third-order valence-electron chi connectivity index (χ3n) is 3.83. The van der Waals surface area contributed by atoms with Crippen LogP contribution in [0.1, 0.15) is 20.9 Å². The molecule has 8 heteroatoms. The second kappa shape index (κ2) is 6.60. The standard InChI is InChI=1S/C16H14Br2N4O2/c1-21-14-13(15(23)22(2)16(21)24)19-8-10(20-14)12(18)11(17)9-6-4-3-5-7-9/h3-8,11-12H,1-2H3. The molecule has 124 valence electrons. The molecule has 0 saturated carbocycles. The number of rotatable bonds is 3. The molecule has 0 aliphatic rings. The summed E-state index contributed by atoms with van der Waals surface area (Å²) in [5.74, 6) is 0. The first-order valence-electron chi connectivity index (χ1n) is 7.17. The van der Waals surface area contributed by atoms with E-state index in [1.54, 1.807) is 13.2 Å². The van der Waals surface area contributed by atoms with E-state index < -0.39 is 11.2 Å². The Labute approximate surface area is 154 Å². The molecular weight excluding hydrogens is 440 g/mol. The average Bonchev–Trinajstić information content (AvgIpc) is 2.63. The van der Waals surface area contributed by atoms with Crippen LogP contribution in [0, 0.1) is 0 Å². The van der Waals surface area contributed by atoms with Gasteiger partial charge in [-0.2, -0.15) is 0 Å². The first kappa shape index (κ1) is 17.0. The number of fused-ring (bicyclic) bond motifs is 1. The normalized spacial score (nSPS) is 13.8. The molecule has 0 bridgehead atoms. The SMILES string of the molecule is Cn1c(=O)c2ncc(C(Br)C(Br)c3ccccc3)nc2n(C)c1=O. The van der Waals surface area contributed by atoms with E-state index in [4.69, 9.17) is 0 Å². The molecule has 0 spiro atoms. The van der Waals surface area contributed by atoms with Crippen LogP contribution >= 0.6 is 31.9 Å². The zero-order valence-corrected chi connectivity index (χ0v) is 16.2. The van der Waals surface area contributed by atoms with E-state index in [9.17, 15) is 9.59 Å². The maximum Gasteiger partial charge on any atom is 0.332 e. The van der Waals surface area contributed by atoms with Gasteiger partial charge in [0.25, 0.3) is 5.56 Å². The van der Waals surface area contributed by atoms with Crippen molar-refractivity contribution < 1.29 is 0 Å². The summed E-state index contributed by atoms with van der Waals surface area (Å²) >= 11 is 7.29. The molecule has 0 amide bonds. The summed E-state index contributed by atoms with van der Waals surface area (Å²) in [6, 6.07) is 9.89. The van der Waals surface area contributed by atoms with Crippen molar-refractivity contribution in [3.63, 3.8) is 0 Å². The maximum absolute atomic E-state index is 12.2. The molecule has 2 atom stereocenters. The highest BCUT2D eigenvalue weighted by Gasteiger charge is 2.22. The minimum Gasteiger partial charge on any atom is -0.279 e. The van der Waals surface area contributed by atoms with Crippen LogP contribution in [-0.4, -0.2) is 19.1 Å². The molecule has 2 heterocycles. The van der Waals surface area contributed by atoms with Gasteiger partial charge < -0.3 is 0 Å². The number of aryl methyl sites for hydroxylation is 1. The second-order valence-corrected chi connectivity index (χ2v) is 7.36. The Bertz CT molecular complexity index is 1010. The van der Waals surface area contributed by atoms with Crippen LogP contribution < -0.4 is 11.2 Å². The van der Waals surface area contributed by atoms with Crippen LogP contribution in [0.3, 0.4) is 0 Å². The Morgan fingerprint density at radius 2 is 1.67 bits per heavy atom. The summed E-state index contributed by atoms with van der Waals surface area (Å²) < 4.78 is 2.36. The van der Waals surface area contributed by atoms with Gasteiger partial charge in [0, 0.05) is 14.1 Å². The summed E-state index contributed by atoms with van der Waals surface area (Å²) in [6.07, 6.45) is 1.56. The highest BCUT2D eigenvalue weighted by molar-refractivity contribution is 9.12. The summed E-state index contributed by atoms with van der Waals surface area (Å²) in [4.78, 5) is 32.8. The number of hydrogen-bond donors (Lipinski definition) is 0. The molecule has 0 radical (unpaired) electrons. The molecule has 3 rings (SSSR count). The number of alkyl halides is 2. The van der Waals surface area contributed by atoms with Crippen molar-refractivity contribution in [2.75, 3.05) is 0 Å². The second-order valence-electron chi connectivity index (χ2n) is 5.39. The van der Waals surface area contributed by atoms with Crippen molar-refractivity contribution >= 4 is 43.0 Å². The Morgan fingerprint density at radius 1 is 1.00 bits per heavy atom.